The number of benzene rings is 3. The number of carbonyl (C=O) groups is 1. The summed E-state index contributed by atoms with van der Waals surface area (Å²) >= 11 is 6.30. The lowest BCUT2D eigenvalue weighted by molar-refractivity contribution is -0.137. The molecule has 156 valence electrons. The summed E-state index contributed by atoms with van der Waals surface area (Å²) in [7, 11) is 0. The van der Waals surface area contributed by atoms with Crippen LogP contribution in [0.25, 0.3) is 22.2 Å². The van der Waals surface area contributed by atoms with Crippen molar-refractivity contribution in [3.05, 3.63) is 101 Å². The van der Waals surface area contributed by atoms with E-state index < -0.39 is 17.6 Å². The lowest BCUT2D eigenvalue weighted by Gasteiger charge is -2.12. The molecular weight excluding hydrogens is 425 g/mol. The highest BCUT2D eigenvalue weighted by molar-refractivity contribution is 6.33. The van der Waals surface area contributed by atoms with Gasteiger partial charge in [-0.05, 0) is 35.9 Å². The number of carbonyl (C=O) groups excluding carboxylic acids is 1. The second-order valence-electron chi connectivity index (χ2n) is 6.93. The summed E-state index contributed by atoms with van der Waals surface area (Å²) in [5, 5.41) is 3.85. The Hall–Kier alpha value is -3.38. The molecule has 0 bridgehead atoms. The Labute approximate surface area is 181 Å². The first-order valence-corrected chi connectivity index (χ1v) is 9.80. The van der Waals surface area contributed by atoms with Crippen molar-refractivity contribution in [2.24, 2.45) is 0 Å². The zero-order valence-electron chi connectivity index (χ0n) is 16.1. The predicted molar refractivity (Wildman–Crippen MR) is 115 cm³/mol. The molecule has 0 atom stereocenters. The van der Waals surface area contributed by atoms with Gasteiger partial charge >= 0.3 is 6.18 Å². The average Bonchev–Trinajstić information content (AvgIpc) is 2.76. The molecule has 0 radical (unpaired) electrons. The van der Waals surface area contributed by atoms with Crippen molar-refractivity contribution in [3.63, 3.8) is 0 Å². The first kappa shape index (κ1) is 20.9. The highest BCUT2D eigenvalue weighted by atomic mass is 35.5. The van der Waals surface area contributed by atoms with Crippen molar-refractivity contribution in [2.45, 2.75) is 12.7 Å². The molecule has 4 aromatic rings. The number of nitrogens with one attached hydrogen (secondary N) is 1. The Morgan fingerprint density at radius 1 is 0.935 bits per heavy atom. The first-order valence-electron chi connectivity index (χ1n) is 9.42. The third-order valence-corrected chi connectivity index (χ3v) is 5.15. The van der Waals surface area contributed by atoms with E-state index in [0.29, 0.717) is 38.3 Å². The lowest BCUT2D eigenvalue weighted by atomic mass is 10.0. The van der Waals surface area contributed by atoms with E-state index in [1.807, 2.05) is 18.2 Å². The quantitative estimate of drug-likeness (QED) is 0.393. The minimum atomic E-state index is -4.44. The van der Waals surface area contributed by atoms with Crippen LogP contribution in [-0.4, -0.2) is 10.9 Å². The predicted octanol–water partition coefficient (Wildman–Crippen LogP) is 6.50. The second-order valence-corrected chi connectivity index (χ2v) is 7.34. The van der Waals surface area contributed by atoms with E-state index in [4.69, 9.17) is 11.6 Å². The van der Waals surface area contributed by atoms with E-state index in [9.17, 15) is 18.0 Å². The van der Waals surface area contributed by atoms with E-state index in [1.165, 1.54) is 12.1 Å². The number of para-hydroxylation sites is 1. The molecule has 1 aromatic heterocycles. The van der Waals surface area contributed by atoms with E-state index in [-0.39, 0.29) is 6.54 Å². The summed E-state index contributed by atoms with van der Waals surface area (Å²) in [6.45, 7) is -0.0408. The summed E-state index contributed by atoms with van der Waals surface area (Å²) in [6.07, 6.45) is -4.44. The number of amides is 1. The van der Waals surface area contributed by atoms with Crippen LogP contribution in [0.1, 0.15) is 21.5 Å². The topological polar surface area (TPSA) is 42.0 Å². The van der Waals surface area contributed by atoms with Crippen molar-refractivity contribution in [2.75, 3.05) is 0 Å². The Morgan fingerprint density at radius 3 is 2.45 bits per heavy atom. The smallest absolute Gasteiger partial charge is 0.348 e. The van der Waals surface area contributed by atoms with Gasteiger partial charge in [-0.15, -0.1) is 0 Å². The second kappa shape index (κ2) is 8.40. The Balaban J connectivity index is 1.67. The number of alkyl halides is 3. The van der Waals surface area contributed by atoms with Crippen molar-refractivity contribution in [1.29, 1.82) is 0 Å². The molecule has 0 spiro atoms. The number of aromatic nitrogens is 1. The molecule has 3 aromatic carbocycles. The van der Waals surface area contributed by atoms with E-state index >= 15 is 0 Å². The summed E-state index contributed by atoms with van der Waals surface area (Å²) in [5.41, 5.74) is 1.80. The fourth-order valence-corrected chi connectivity index (χ4v) is 3.54. The molecule has 0 aliphatic rings. The number of rotatable bonds is 4. The van der Waals surface area contributed by atoms with Crippen LogP contribution in [0.5, 0.6) is 0 Å². The Morgan fingerprint density at radius 2 is 1.68 bits per heavy atom. The summed E-state index contributed by atoms with van der Waals surface area (Å²) < 4.78 is 38.8. The minimum absolute atomic E-state index is 0.0408. The molecule has 0 saturated carbocycles. The first-order chi connectivity index (χ1) is 14.8. The standard InChI is InChI=1S/C24H16ClF3N2O/c25-20-10-3-1-9-18(20)22-13-19(17-8-2-4-11-21(17)30-22)23(31)29-14-15-6-5-7-16(12-15)24(26,27)28/h1-13H,14H2,(H,29,31). The van der Waals surface area contributed by atoms with Crippen LogP contribution in [0.2, 0.25) is 5.02 Å². The average molecular weight is 441 g/mol. The van der Waals surface area contributed by atoms with Crippen LogP contribution in [0.3, 0.4) is 0 Å². The third-order valence-electron chi connectivity index (χ3n) is 4.82. The molecule has 7 heteroatoms. The number of hydrogen-bond donors (Lipinski definition) is 1. The van der Waals surface area contributed by atoms with Crippen molar-refractivity contribution < 1.29 is 18.0 Å². The monoisotopic (exact) mass is 440 g/mol. The van der Waals surface area contributed by atoms with Gasteiger partial charge in [0.2, 0.25) is 0 Å². The van der Waals surface area contributed by atoms with Crippen LogP contribution in [-0.2, 0) is 12.7 Å². The maximum Gasteiger partial charge on any atom is 0.416 e. The zero-order chi connectivity index (χ0) is 22.0. The normalized spacial score (nSPS) is 11.5. The fourth-order valence-electron chi connectivity index (χ4n) is 3.31. The van der Waals surface area contributed by atoms with Crippen LogP contribution in [0, 0.1) is 0 Å². The van der Waals surface area contributed by atoms with Gasteiger partial charge in [0.05, 0.1) is 22.3 Å². The van der Waals surface area contributed by atoms with Gasteiger partial charge in [-0.2, -0.15) is 13.2 Å². The molecule has 0 saturated heterocycles. The fraction of sp³-hybridized carbons (Fsp3) is 0.0833. The molecule has 0 aliphatic carbocycles. The molecule has 4 rings (SSSR count). The van der Waals surface area contributed by atoms with Gasteiger partial charge in [-0.1, -0.05) is 60.1 Å². The highest BCUT2D eigenvalue weighted by Gasteiger charge is 2.30. The van der Waals surface area contributed by atoms with Crippen molar-refractivity contribution >= 4 is 28.4 Å². The van der Waals surface area contributed by atoms with Gasteiger partial charge in [0.15, 0.2) is 0 Å². The van der Waals surface area contributed by atoms with E-state index in [0.717, 1.165) is 12.1 Å². The SMILES string of the molecule is O=C(NCc1cccc(C(F)(F)F)c1)c1cc(-c2ccccc2Cl)nc2ccccc12. The highest BCUT2D eigenvalue weighted by Crippen LogP contribution is 2.31. The largest absolute Gasteiger partial charge is 0.416 e. The molecule has 31 heavy (non-hydrogen) atoms. The van der Waals surface area contributed by atoms with Crippen molar-refractivity contribution in [3.8, 4) is 11.3 Å². The molecule has 3 nitrogen and oxygen atoms in total. The number of fused-ring (bicyclic) bond motifs is 1. The lowest BCUT2D eigenvalue weighted by Crippen LogP contribution is -2.23. The molecular formula is C24H16ClF3N2O. The van der Waals surface area contributed by atoms with Gasteiger partial charge in [0, 0.05) is 22.5 Å². The minimum Gasteiger partial charge on any atom is -0.348 e. The Kier molecular flexibility index (Phi) is 5.65. The van der Waals surface area contributed by atoms with Crippen molar-refractivity contribution in [1.82, 2.24) is 10.3 Å². The van der Waals surface area contributed by atoms with Crippen LogP contribution < -0.4 is 5.32 Å². The molecule has 0 unspecified atom stereocenters. The number of hydrogen-bond acceptors (Lipinski definition) is 2. The summed E-state index contributed by atoms with van der Waals surface area (Å²) in [4.78, 5) is 17.6. The number of pyridine rings is 1. The maximum atomic E-state index is 13.0. The zero-order valence-corrected chi connectivity index (χ0v) is 16.8. The molecule has 1 N–H and O–H groups in total. The molecule has 0 aliphatic heterocycles. The molecule has 1 amide bonds. The van der Waals surface area contributed by atoms with Gasteiger partial charge in [0.1, 0.15) is 0 Å². The third kappa shape index (κ3) is 4.54. The van der Waals surface area contributed by atoms with Gasteiger partial charge < -0.3 is 5.32 Å². The maximum absolute atomic E-state index is 13.0. The van der Waals surface area contributed by atoms with Gasteiger partial charge in [0.25, 0.3) is 5.91 Å². The Bertz CT molecular complexity index is 1270. The molecule has 1 heterocycles. The van der Waals surface area contributed by atoms with Crippen LogP contribution >= 0.6 is 11.6 Å². The van der Waals surface area contributed by atoms with Gasteiger partial charge in [-0.25, -0.2) is 4.98 Å². The summed E-state index contributed by atoms with van der Waals surface area (Å²) in [6, 6.07) is 20.9. The van der Waals surface area contributed by atoms with Crippen LogP contribution in [0.4, 0.5) is 13.2 Å². The van der Waals surface area contributed by atoms with Crippen LogP contribution in [0.15, 0.2) is 78.9 Å². The van der Waals surface area contributed by atoms with Gasteiger partial charge in [-0.3, -0.25) is 4.79 Å². The molecule has 0 fully saturated rings. The van der Waals surface area contributed by atoms with E-state index in [1.54, 1.807) is 36.4 Å². The van der Waals surface area contributed by atoms with E-state index in [2.05, 4.69) is 10.3 Å². The number of halogens is 4. The summed E-state index contributed by atoms with van der Waals surface area (Å²) in [5.74, 6) is -0.413. The number of nitrogens with zero attached hydrogens (tertiary/aromatic N) is 1.